The van der Waals surface area contributed by atoms with Crippen LogP contribution in [0, 0.1) is 6.92 Å². The maximum Gasteiger partial charge on any atom is 0.261 e. The van der Waals surface area contributed by atoms with Crippen LogP contribution in [0.5, 0.6) is 0 Å². The molecule has 0 radical (unpaired) electrons. The molecule has 2 aromatic carbocycles. The lowest BCUT2D eigenvalue weighted by Crippen LogP contribution is -2.24. The van der Waals surface area contributed by atoms with E-state index in [1.54, 1.807) is 47.4 Å². The van der Waals surface area contributed by atoms with Crippen molar-refractivity contribution in [3.8, 4) is 0 Å². The van der Waals surface area contributed by atoms with E-state index in [-0.39, 0.29) is 10.8 Å². The third kappa shape index (κ3) is 3.22. The Balaban J connectivity index is 1.91. The fraction of sp³-hybridized carbons (Fsp3) is 0.235. The Morgan fingerprint density at radius 2 is 1.83 bits per heavy atom. The molecule has 5 nitrogen and oxygen atoms in total. The molecule has 0 aromatic heterocycles. The molecule has 2 aromatic rings. The average Bonchev–Trinajstić information content (AvgIpc) is 2.96. The maximum absolute atomic E-state index is 12.4. The molecule has 1 heterocycles. The molecular weight excluding hydrogens is 312 g/mol. The summed E-state index contributed by atoms with van der Waals surface area (Å²) in [6, 6.07) is 13.5. The molecular formula is C17H18N2O3S. The lowest BCUT2D eigenvalue weighted by atomic mass is 10.1. The zero-order valence-corrected chi connectivity index (χ0v) is 13.6. The SMILES string of the molecule is Cc1ccc(NS(=O)(=O)c2ccccc2)cc1N1CCCC1=O. The number of sulfonamides is 1. The van der Waals surface area contributed by atoms with E-state index in [9.17, 15) is 13.2 Å². The Hall–Kier alpha value is -2.34. The minimum Gasteiger partial charge on any atom is -0.312 e. The number of aryl methyl sites for hydroxylation is 1. The molecule has 0 saturated carbocycles. The summed E-state index contributed by atoms with van der Waals surface area (Å²) < 4.78 is 27.4. The standard InChI is InChI=1S/C17H18N2O3S/c1-13-9-10-14(12-16(13)19-11-5-8-17(19)20)18-23(21,22)15-6-3-2-4-7-15/h2-4,6-7,9-10,12,18H,5,8,11H2,1H3. The third-order valence-electron chi connectivity index (χ3n) is 3.88. The second-order valence-electron chi connectivity index (χ2n) is 5.57. The summed E-state index contributed by atoms with van der Waals surface area (Å²) in [4.78, 5) is 13.9. The molecule has 0 aliphatic carbocycles. The van der Waals surface area contributed by atoms with Crippen molar-refractivity contribution in [2.45, 2.75) is 24.7 Å². The van der Waals surface area contributed by atoms with Crippen LogP contribution in [0.25, 0.3) is 0 Å². The van der Waals surface area contributed by atoms with E-state index in [0.29, 0.717) is 18.7 Å². The van der Waals surface area contributed by atoms with Crippen molar-refractivity contribution >= 4 is 27.3 Å². The molecule has 6 heteroatoms. The Morgan fingerprint density at radius 3 is 2.48 bits per heavy atom. The number of carbonyl (C=O) groups excluding carboxylic acids is 1. The van der Waals surface area contributed by atoms with Gasteiger partial charge in [-0.2, -0.15) is 0 Å². The molecule has 1 aliphatic rings. The number of anilines is 2. The smallest absolute Gasteiger partial charge is 0.261 e. The van der Waals surface area contributed by atoms with Gasteiger partial charge in [0.15, 0.2) is 0 Å². The number of nitrogens with one attached hydrogen (secondary N) is 1. The number of hydrogen-bond donors (Lipinski definition) is 1. The number of carbonyl (C=O) groups is 1. The van der Waals surface area contributed by atoms with Crippen molar-refractivity contribution < 1.29 is 13.2 Å². The second kappa shape index (κ2) is 6.04. The van der Waals surface area contributed by atoms with Gasteiger partial charge in [-0.25, -0.2) is 8.42 Å². The van der Waals surface area contributed by atoms with E-state index in [2.05, 4.69) is 4.72 Å². The number of benzene rings is 2. The van der Waals surface area contributed by atoms with Crippen LogP contribution < -0.4 is 9.62 Å². The number of rotatable bonds is 4. The predicted octanol–water partition coefficient (Wildman–Crippen LogP) is 2.92. The Morgan fingerprint density at radius 1 is 1.09 bits per heavy atom. The molecule has 0 unspecified atom stereocenters. The predicted molar refractivity (Wildman–Crippen MR) is 90.0 cm³/mol. The molecule has 23 heavy (non-hydrogen) atoms. The zero-order valence-electron chi connectivity index (χ0n) is 12.8. The van der Waals surface area contributed by atoms with Crippen molar-refractivity contribution in [2.75, 3.05) is 16.2 Å². The minimum atomic E-state index is -3.63. The van der Waals surface area contributed by atoms with Gasteiger partial charge in [-0.15, -0.1) is 0 Å². The number of amides is 1. The molecule has 0 spiro atoms. The van der Waals surface area contributed by atoms with Gasteiger partial charge in [0.2, 0.25) is 5.91 Å². The molecule has 1 aliphatic heterocycles. The maximum atomic E-state index is 12.4. The van der Waals surface area contributed by atoms with E-state index in [4.69, 9.17) is 0 Å². The first-order chi connectivity index (χ1) is 11.0. The number of hydrogen-bond acceptors (Lipinski definition) is 3. The molecule has 120 valence electrons. The van der Waals surface area contributed by atoms with Crippen molar-refractivity contribution in [1.29, 1.82) is 0 Å². The Kier molecular flexibility index (Phi) is 4.09. The first-order valence-corrected chi connectivity index (χ1v) is 8.94. The van der Waals surface area contributed by atoms with Gasteiger partial charge in [-0.05, 0) is 43.2 Å². The molecule has 1 amide bonds. The Labute approximate surface area is 136 Å². The third-order valence-corrected chi connectivity index (χ3v) is 5.28. The zero-order chi connectivity index (χ0) is 16.4. The molecule has 0 atom stereocenters. The van der Waals surface area contributed by atoms with Crippen LogP contribution in [-0.2, 0) is 14.8 Å². The highest BCUT2D eigenvalue weighted by molar-refractivity contribution is 7.92. The normalized spacial score (nSPS) is 15.0. The summed E-state index contributed by atoms with van der Waals surface area (Å²) in [5, 5.41) is 0. The van der Waals surface area contributed by atoms with Crippen LogP contribution in [0.1, 0.15) is 18.4 Å². The van der Waals surface area contributed by atoms with E-state index >= 15 is 0 Å². The summed E-state index contributed by atoms with van der Waals surface area (Å²) in [5.74, 6) is 0.0798. The highest BCUT2D eigenvalue weighted by Gasteiger charge is 2.23. The summed E-state index contributed by atoms with van der Waals surface area (Å²) in [6.07, 6.45) is 1.37. The fourth-order valence-electron chi connectivity index (χ4n) is 2.68. The second-order valence-corrected chi connectivity index (χ2v) is 7.25. The van der Waals surface area contributed by atoms with Crippen molar-refractivity contribution in [1.82, 2.24) is 0 Å². The van der Waals surface area contributed by atoms with Crippen LogP contribution in [-0.4, -0.2) is 20.9 Å². The van der Waals surface area contributed by atoms with Gasteiger partial charge in [0.1, 0.15) is 0 Å². The Bertz CT molecular complexity index is 832. The highest BCUT2D eigenvalue weighted by Crippen LogP contribution is 2.29. The van der Waals surface area contributed by atoms with E-state index in [1.165, 1.54) is 0 Å². The van der Waals surface area contributed by atoms with E-state index < -0.39 is 10.0 Å². The van der Waals surface area contributed by atoms with Crippen LogP contribution in [0.3, 0.4) is 0 Å². The van der Waals surface area contributed by atoms with Crippen molar-refractivity contribution in [3.63, 3.8) is 0 Å². The largest absolute Gasteiger partial charge is 0.312 e. The van der Waals surface area contributed by atoms with Crippen LogP contribution >= 0.6 is 0 Å². The monoisotopic (exact) mass is 330 g/mol. The lowest BCUT2D eigenvalue weighted by Gasteiger charge is -2.19. The lowest BCUT2D eigenvalue weighted by molar-refractivity contribution is -0.117. The van der Waals surface area contributed by atoms with Crippen molar-refractivity contribution in [2.24, 2.45) is 0 Å². The molecule has 1 saturated heterocycles. The quantitative estimate of drug-likeness (QED) is 0.937. The van der Waals surface area contributed by atoms with E-state index in [0.717, 1.165) is 17.7 Å². The van der Waals surface area contributed by atoms with Crippen LogP contribution in [0.4, 0.5) is 11.4 Å². The number of nitrogens with zero attached hydrogens (tertiary/aromatic N) is 1. The first kappa shape index (κ1) is 15.6. The molecule has 3 rings (SSSR count). The van der Waals surface area contributed by atoms with Crippen LogP contribution in [0.2, 0.25) is 0 Å². The van der Waals surface area contributed by atoms with E-state index in [1.807, 2.05) is 13.0 Å². The van der Waals surface area contributed by atoms with Gasteiger partial charge in [-0.1, -0.05) is 24.3 Å². The van der Waals surface area contributed by atoms with Gasteiger partial charge in [0.05, 0.1) is 10.6 Å². The highest BCUT2D eigenvalue weighted by atomic mass is 32.2. The summed E-state index contributed by atoms with van der Waals surface area (Å²) in [5.41, 5.74) is 2.16. The van der Waals surface area contributed by atoms with Gasteiger partial charge < -0.3 is 4.90 Å². The fourth-order valence-corrected chi connectivity index (χ4v) is 3.75. The molecule has 1 N–H and O–H groups in total. The summed E-state index contributed by atoms with van der Waals surface area (Å²) in [6.45, 7) is 2.59. The van der Waals surface area contributed by atoms with Crippen LogP contribution in [0.15, 0.2) is 53.4 Å². The van der Waals surface area contributed by atoms with Gasteiger partial charge in [0, 0.05) is 18.7 Å². The van der Waals surface area contributed by atoms with Gasteiger partial charge in [-0.3, -0.25) is 9.52 Å². The summed E-state index contributed by atoms with van der Waals surface area (Å²) in [7, 11) is -3.63. The first-order valence-electron chi connectivity index (χ1n) is 7.46. The summed E-state index contributed by atoms with van der Waals surface area (Å²) >= 11 is 0. The topological polar surface area (TPSA) is 66.5 Å². The molecule has 0 bridgehead atoms. The van der Waals surface area contributed by atoms with Crippen molar-refractivity contribution in [3.05, 3.63) is 54.1 Å². The average molecular weight is 330 g/mol. The molecule has 1 fully saturated rings. The minimum absolute atomic E-state index is 0.0798. The van der Waals surface area contributed by atoms with Gasteiger partial charge in [0.25, 0.3) is 10.0 Å². The van der Waals surface area contributed by atoms with Gasteiger partial charge >= 0.3 is 0 Å².